The van der Waals surface area contributed by atoms with Gasteiger partial charge < -0.3 is 19.8 Å². The van der Waals surface area contributed by atoms with Crippen molar-refractivity contribution in [1.29, 1.82) is 0 Å². The Kier molecular flexibility index (Phi) is 3.98. The minimum atomic E-state index is -2.22. The maximum Gasteiger partial charge on any atom is 0.404 e. The zero-order valence-corrected chi connectivity index (χ0v) is 17.9. The number of amides is 1. The lowest BCUT2D eigenvalue weighted by molar-refractivity contribution is -0.173. The molecule has 1 saturated carbocycles. The van der Waals surface area contributed by atoms with Crippen LogP contribution in [0.1, 0.15) is 51.8 Å². The number of hydrogen-bond acceptors (Lipinski definition) is 3. The fourth-order valence-electron chi connectivity index (χ4n) is 4.05. The molecule has 1 fully saturated rings. The maximum absolute atomic E-state index is 14.7. The van der Waals surface area contributed by atoms with Crippen molar-refractivity contribution in [2.24, 2.45) is 0 Å². The highest BCUT2D eigenvalue weighted by Gasteiger charge is 2.52. The highest BCUT2D eigenvalue weighted by molar-refractivity contribution is 6.02. The van der Waals surface area contributed by atoms with Crippen LogP contribution >= 0.6 is 0 Å². The molecule has 162 valence electrons. The summed E-state index contributed by atoms with van der Waals surface area (Å²) >= 11 is 0. The number of carbonyl (C=O) groups is 1. The van der Waals surface area contributed by atoms with E-state index >= 15 is 0 Å². The minimum Gasteiger partial charge on any atom is -0.423 e. The highest BCUT2D eigenvalue weighted by Crippen LogP contribution is 2.52. The zero-order valence-electron chi connectivity index (χ0n) is 17.9. The van der Waals surface area contributed by atoms with Crippen LogP contribution in [0.3, 0.4) is 0 Å². The summed E-state index contributed by atoms with van der Waals surface area (Å²) in [5.41, 5.74) is 1.62. The number of carbonyl (C=O) groups excluding carboxylic acids is 1. The normalized spacial score (nSPS) is 21.4. The molecule has 1 atom stereocenters. The number of hydrogen-bond donors (Lipinski definition) is 2. The molecule has 1 aromatic heterocycles. The van der Waals surface area contributed by atoms with E-state index in [0.29, 0.717) is 29.7 Å². The van der Waals surface area contributed by atoms with E-state index in [1.54, 1.807) is 24.3 Å². The highest BCUT2D eigenvalue weighted by atomic mass is 19.2. The summed E-state index contributed by atoms with van der Waals surface area (Å²) in [6.45, 7) is 7.40. The van der Waals surface area contributed by atoms with Crippen molar-refractivity contribution in [2.45, 2.75) is 57.4 Å². The lowest BCUT2D eigenvalue weighted by atomic mass is 9.92. The fourth-order valence-corrected chi connectivity index (χ4v) is 4.05. The lowest BCUT2D eigenvalue weighted by Crippen LogP contribution is -2.28. The first kappa shape index (κ1) is 19.8. The molecule has 7 heteroatoms. The van der Waals surface area contributed by atoms with Crippen LogP contribution in [0.5, 0.6) is 11.5 Å². The molecule has 31 heavy (non-hydrogen) atoms. The molecule has 2 aliphatic rings. The molecule has 0 spiro atoms. The Labute approximate surface area is 178 Å². The lowest BCUT2D eigenvalue weighted by Gasteiger charge is -2.17. The number of H-pyrrole nitrogens is 1. The zero-order chi connectivity index (χ0) is 22.2. The van der Waals surface area contributed by atoms with Gasteiger partial charge in [0.1, 0.15) is 5.82 Å². The van der Waals surface area contributed by atoms with Gasteiger partial charge in [0.15, 0.2) is 11.5 Å². The van der Waals surface area contributed by atoms with Gasteiger partial charge in [0.05, 0.1) is 11.1 Å². The number of alkyl halides is 1. The molecule has 1 amide bonds. The average molecular weight is 426 g/mol. The summed E-state index contributed by atoms with van der Waals surface area (Å²) in [5.74, 6) is -0.239. The van der Waals surface area contributed by atoms with E-state index in [4.69, 9.17) is 9.47 Å². The number of aromatic nitrogens is 1. The first-order valence-electron chi connectivity index (χ1n) is 10.3. The van der Waals surface area contributed by atoms with Crippen molar-refractivity contribution in [2.75, 3.05) is 5.32 Å². The number of nitrogens with one attached hydrogen (secondary N) is 2. The second-order valence-electron chi connectivity index (χ2n) is 9.59. The number of halogens is 2. The summed E-state index contributed by atoms with van der Waals surface area (Å²) in [7, 11) is 0. The Hall–Kier alpha value is -3.09. The van der Waals surface area contributed by atoms with E-state index < -0.39 is 17.3 Å². The van der Waals surface area contributed by atoms with Gasteiger partial charge in [-0.1, -0.05) is 26.8 Å². The molecule has 2 aromatic carbocycles. The number of aromatic amines is 1. The molecule has 0 bridgehead atoms. The van der Waals surface area contributed by atoms with Gasteiger partial charge in [-0.2, -0.15) is 4.39 Å². The van der Waals surface area contributed by atoms with Crippen LogP contribution in [-0.4, -0.2) is 16.9 Å². The number of anilines is 1. The Morgan fingerprint density at radius 2 is 1.81 bits per heavy atom. The Morgan fingerprint density at radius 3 is 2.48 bits per heavy atom. The fraction of sp³-hybridized carbons (Fsp3) is 0.375. The monoisotopic (exact) mass is 426 g/mol. The average Bonchev–Trinajstić information content (AvgIpc) is 3.27. The van der Waals surface area contributed by atoms with Crippen molar-refractivity contribution in [3.63, 3.8) is 0 Å². The third-order valence-corrected chi connectivity index (χ3v) is 6.03. The van der Waals surface area contributed by atoms with Crippen molar-refractivity contribution in [1.82, 2.24) is 4.98 Å². The van der Waals surface area contributed by atoms with E-state index in [0.717, 1.165) is 11.1 Å². The summed E-state index contributed by atoms with van der Waals surface area (Å²) in [5, 5.41) is 3.59. The van der Waals surface area contributed by atoms with Crippen LogP contribution in [-0.2, 0) is 15.6 Å². The minimum absolute atomic E-state index is 0.105. The summed E-state index contributed by atoms with van der Waals surface area (Å²) in [6.07, 6.45) is 1.24. The van der Waals surface area contributed by atoms with Crippen LogP contribution in [0, 0.1) is 5.82 Å². The molecule has 3 aromatic rings. The van der Waals surface area contributed by atoms with Crippen molar-refractivity contribution in [3.05, 3.63) is 53.5 Å². The smallest absolute Gasteiger partial charge is 0.404 e. The molecular formula is C24H24F2N2O3. The van der Waals surface area contributed by atoms with E-state index in [-0.39, 0.29) is 22.8 Å². The van der Waals surface area contributed by atoms with Crippen LogP contribution in [0.2, 0.25) is 0 Å². The molecule has 1 aliphatic heterocycles. The van der Waals surface area contributed by atoms with Gasteiger partial charge in [-0.25, -0.2) is 4.39 Å². The number of rotatable bonds is 3. The van der Waals surface area contributed by atoms with Gasteiger partial charge in [0.25, 0.3) is 0 Å². The summed E-state index contributed by atoms with van der Waals surface area (Å²) in [4.78, 5) is 16.4. The van der Waals surface area contributed by atoms with Crippen LogP contribution in [0.4, 0.5) is 14.5 Å². The molecule has 0 radical (unpaired) electrons. The van der Waals surface area contributed by atoms with Gasteiger partial charge in [-0.05, 0) is 42.7 Å². The van der Waals surface area contributed by atoms with Crippen molar-refractivity contribution < 1.29 is 23.0 Å². The first-order valence-corrected chi connectivity index (χ1v) is 10.3. The maximum atomic E-state index is 14.7. The van der Waals surface area contributed by atoms with Crippen molar-refractivity contribution >= 4 is 22.5 Å². The van der Waals surface area contributed by atoms with Gasteiger partial charge >= 0.3 is 6.04 Å². The summed E-state index contributed by atoms with van der Waals surface area (Å²) < 4.78 is 39.0. The van der Waals surface area contributed by atoms with Gasteiger partial charge in [0.2, 0.25) is 5.91 Å². The molecular weight excluding hydrogens is 402 g/mol. The SMILES string of the molecule is CC1(F)Oc2ccc(C3(C(=O)Nc4cc5cc(C(C)(C)C)[nH]c5cc4F)CC3)cc2O1. The predicted molar refractivity (Wildman–Crippen MR) is 114 cm³/mol. The van der Waals surface area contributed by atoms with E-state index in [2.05, 4.69) is 31.1 Å². The number of fused-ring (bicyclic) bond motifs is 2. The molecule has 1 aliphatic carbocycles. The van der Waals surface area contributed by atoms with Gasteiger partial charge in [0, 0.05) is 35.0 Å². The largest absolute Gasteiger partial charge is 0.423 e. The molecule has 5 nitrogen and oxygen atoms in total. The number of ether oxygens (including phenoxy) is 2. The van der Waals surface area contributed by atoms with Crippen LogP contribution < -0.4 is 14.8 Å². The predicted octanol–water partition coefficient (Wildman–Crippen LogP) is 5.69. The van der Waals surface area contributed by atoms with Crippen LogP contribution in [0.15, 0.2) is 36.4 Å². The second-order valence-corrected chi connectivity index (χ2v) is 9.59. The standard InChI is InChI=1S/C24H24F2N2O3/c1-22(2,3)20-10-13-9-17(15(25)12-16(13)27-20)28-21(29)24(7-8-24)14-5-6-18-19(11-14)31-23(4,26)30-18/h5-6,9-12,27H,7-8H2,1-4H3,(H,28,29). The Morgan fingerprint density at radius 1 is 1.10 bits per heavy atom. The molecule has 0 saturated heterocycles. The molecule has 2 heterocycles. The quantitative estimate of drug-likeness (QED) is 0.566. The molecule has 2 N–H and O–H groups in total. The second kappa shape index (κ2) is 6.22. The Bertz CT molecular complexity index is 1220. The van der Waals surface area contributed by atoms with Crippen molar-refractivity contribution in [3.8, 4) is 11.5 Å². The molecule has 1 unspecified atom stereocenters. The van der Waals surface area contributed by atoms with Gasteiger partial charge in [-0.3, -0.25) is 4.79 Å². The van der Waals surface area contributed by atoms with E-state index in [9.17, 15) is 13.6 Å². The third kappa shape index (κ3) is 3.32. The van der Waals surface area contributed by atoms with Gasteiger partial charge in [-0.15, -0.1) is 0 Å². The van der Waals surface area contributed by atoms with Crippen LogP contribution in [0.25, 0.3) is 10.9 Å². The first-order chi connectivity index (χ1) is 14.5. The topological polar surface area (TPSA) is 63.3 Å². The summed E-state index contributed by atoms with van der Waals surface area (Å²) in [6, 6.07) is 7.78. The number of benzene rings is 2. The Balaban J connectivity index is 1.43. The third-order valence-electron chi connectivity index (χ3n) is 6.03. The molecule has 5 rings (SSSR count). The van der Waals surface area contributed by atoms with E-state index in [1.165, 1.54) is 13.0 Å². The van der Waals surface area contributed by atoms with E-state index in [1.807, 2.05) is 6.07 Å².